The molecular weight excluding hydrogens is 314 g/mol. The van der Waals surface area contributed by atoms with Gasteiger partial charge in [0, 0.05) is 11.3 Å². The number of nitrogens with zero attached hydrogens (tertiary/aromatic N) is 1. The topological polar surface area (TPSA) is 66.8 Å². The van der Waals surface area contributed by atoms with Crippen LogP contribution in [0.1, 0.15) is 43.4 Å². The highest BCUT2D eigenvalue weighted by Gasteiger charge is 2.51. The number of aliphatic hydroxyl groups excluding tert-OH is 1. The van der Waals surface area contributed by atoms with Crippen LogP contribution in [0.15, 0.2) is 17.5 Å². The van der Waals surface area contributed by atoms with E-state index < -0.39 is 11.5 Å². The van der Waals surface area contributed by atoms with E-state index in [1.54, 1.807) is 11.3 Å². The zero-order valence-electron chi connectivity index (χ0n) is 13.2. The molecule has 1 N–H and O–H groups in total. The largest absolute Gasteiger partial charge is 0.389 e. The number of carbonyl (C=O) groups excluding carboxylic acids is 2. The lowest BCUT2D eigenvalue weighted by molar-refractivity contribution is -0.144. The summed E-state index contributed by atoms with van der Waals surface area (Å²) in [6, 6.07) is 3.92. The van der Waals surface area contributed by atoms with E-state index in [-0.39, 0.29) is 25.0 Å². The average Bonchev–Trinajstić information content (AvgIpc) is 3.12. The monoisotopic (exact) mass is 337 g/mol. The van der Waals surface area contributed by atoms with E-state index in [9.17, 15) is 14.7 Å². The van der Waals surface area contributed by atoms with Crippen molar-refractivity contribution in [1.29, 1.82) is 0 Å². The van der Waals surface area contributed by atoms with Crippen LogP contribution in [0.2, 0.25) is 0 Å². The summed E-state index contributed by atoms with van der Waals surface area (Å²) in [5.74, 6) is -0.228. The average molecular weight is 337 g/mol. The van der Waals surface area contributed by atoms with Gasteiger partial charge in [-0.25, -0.2) is 0 Å². The van der Waals surface area contributed by atoms with Crippen LogP contribution in [-0.4, -0.2) is 41.1 Å². The number of thiophene rings is 1. The van der Waals surface area contributed by atoms with Crippen molar-refractivity contribution in [2.75, 3.05) is 13.2 Å². The van der Waals surface area contributed by atoms with Crippen LogP contribution >= 0.6 is 11.3 Å². The van der Waals surface area contributed by atoms with Crippen LogP contribution in [0.25, 0.3) is 0 Å². The molecule has 1 aliphatic carbocycles. The molecule has 0 unspecified atom stereocenters. The molecule has 5 nitrogen and oxygen atoms in total. The van der Waals surface area contributed by atoms with Crippen molar-refractivity contribution in [3.63, 3.8) is 0 Å². The molecule has 2 fully saturated rings. The SMILES string of the molecule is O=C1CC2(CCCCC2)C(=O)N1C[C@H](O)COCc1cccs1. The van der Waals surface area contributed by atoms with E-state index in [4.69, 9.17) is 4.74 Å². The lowest BCUT2D eigenvalue weighted by Gasteiger charge is -2.30. The van der Waals surface area contributed by atoms with Crippen molar-refractivity contribution in [3.8, 4) is 0 Å². The summed E-state index contributed by atoms with van der Waals surface area (Å²) in [5.41, 5.74) is -0.479. The molecule has 2 heterocycles. The molecule has 1 spiro atoms. The van der Waals surface area contributed by atoms with Gasteiger partial charge in [-0.3, -0.25) is 14.5 Å². The van der Waals surface area contributed by atoms with E-state index in [1.807, 2.05) is 17.5 Å². The first-order chi connectivity index (χ1) is 11.1. The van der Waals surface area contributed by atoms with Crippen molar-refractivity contribution >= 4 is 23.2 Å². The molecule has 1 aromatic heterocycles. The number of ether oxygens (including phenoxy) is 1. The molecule has 0 radical (unpaired) electrons. The van der Waals surface area contributed by atoms with Crippen LogP contribution in [-0.2, 0) is 20.9 Å². The highest BCUT2D eigenvalue weighted by atomic mass is 32.1. The van der Waals surface area contributed by atoms with Crippen LogP contribution in [0.4, 0.5) is 0 Å². The van der Waals surface area contributed by atoms with Gasteiger partial charge in [-0.05, 0) is 24.3 Å². The molecule has 1 saturated carbocycles. The number of hydrogen-bond donors (Lipinski definition) is 1. The Morgan fingerprint density at radius 2 is 2.09 bits per heavy atom. The maximum Gasteiger partial charge on any atom is 0.235 e. The van der Waals surface area contributed by atoms with Crippen LogP contribution < -0.4 is 0 Å². The second-order valence-corrected chi connectivity index (χ2v) is 7.61. The van der Waals surface area contributed by atoms with Gasteiger partial charge in [0.2, 0.25) is 11.8 Å². The number of rotatable bonds is 6. The summed E-state index contributed by atoms with van der Waals surface area (Å²) >= 11 is 1.60. The number of amides is 2. The number of hydrogen-bond acceptors (Lipinski definition) is 5. The molecule has 1 aromatic rings. The fourth-order valence-corrected chi connectivity index (χ4v) is 4.26. The zero-order valence-corrected chi connectivity index (χ0v) is 14.0. The van der Waals surface area contributed by atoms with Crippen molar-refractivity contribution in [1.82, 2.24) is 4.90 Å². The summed E-state index contributed by atoms with van der Waals surface area (Å²) in [5, 5.41) is 12.1. The number of carbonyl (C=O) groups is 2. The van der Waals surface area contributed by atoms with E-state index in [0.717, 1.165) is 37.0 Å². The molecule has 6 heteroatoms. The van der Waals surface area contributed by atoms with E-state index in [1.165, 1.54) is 4.90 Å². The minimum Gasteiger partial charge on any atom is -0.389 e. The fourth-order valence-electron chi connectivity index (χ4n) is 3.62. The zero-order chi connectivity index (χ0) is 16.3. The third-order valence-electron chi connectivity index (χ3n) is 4.83. The Labute approximate surface area is 140 Å². The lowest BCUT2D eigenvalue weighted by Crippen LogP contribution is -2.42. The first kappa shape index (κ1) is 16.6. The predicted octanol–water partition coefficient (Wildman–Crippen LogP) is 2.34. The quantitative estimate of drug-likeness (QED) is 0.809. The van der Waals surface area contributed by atoms with Gasteiger partial charge in [-0.1, -0.05) is 25.3 Å². The molecule has 0 bridgehead atoms. The van der Waals surface area contributed by atoms with Crippen molar-refractivity contribution in [3.05, 3.63) is 22.4 Å². The first-order valence-electron chi connectivity index (χ1n) is 8.24. The predicted molar refractivity (Wildman–Crippen MR) is 86.8 cm³/mol. The summed E-state index contributed by atoms with van der Waals surface area (Å²) in [6.45, 7) is 0.617. The third-order valence-corrected chi connectivity index (χ3v) is 5.68. The smallest absolute Gasteiger partial charge is 0.235 e. The molecule has 0 aromatic carbocycles. The second-order valence-electron chi connectivity index (χ2n) is 6.58. The maximum atomic E-state index is 12.6. The number of likely N-dealkylation sites (tertiary alicyclic amines) is 1. The highest BCUT2D eigenvalue weighted by molar-refractivity contribution is 7.09. The Balaban J connectivity index is 1.50. The normalized spacial score (nSPS) is 22.0. The molecule has 23 heavy (non-hydrogen) atoms. The van der Waals surface area contributed by atoms with Crippen molar-refractivity contribution in [2.24, 2.45) is 5.41 Å². The van der Waals surface area contributed by atoms with Crippen LogP contribution in [0.3, 0.4) is 0 Å². The minimum atomic E-state index is -0.832. The van der Waals surface area contributed by atoms with Gasteiger partial charge in [-0.15, -0.1) is 11.3 Å². The molecule has 1 aliphatic heterocycles. The number of imide groups is 1. The molecule has 1 saturated heterocycles. The summed E-state index contributed by atoms with van der Waals surface area (Å²) in [6.07, 6.45) is 4.26. The highest BCUT2D eigenvalue weighted by Crippen LogP contribution is 2.45. The maximum absolute atomic E-state index is 12.6. The first-order valence-corrected chi connectivity index (χ1v) is 9.12. The van der Waals surface area contributed by atoms with Gasteiger partial charge in [0.25, 0.3) is 0 Å². The van der Waals surface area contributed by atoms with Gasteiger partial charge in [-0.2, -0.15) is 0 Å². The molecule has 2 amide bonds. The summed E-state index contributed by atoms with van der Waals surface area (Å²) in [4.78, 5) is 27.2. The van der Waals surface area contributed by atoms with Gasteiger partial charge in [0.15, 0.2) is 0 Å². The van der Waals surface area contributed by atoms with Crippen molar-refractivity contribution in [2.45, 2.75) is 51.2 Å². The lowest BCUT2D eigenvalue weighted by atomic mass is 9.73. The fraction of sp³-hybridized carbons (Fsp3) is 0.647. The second kappa shape index (κ2) is 7.11. The van der Waals surface area contributed by atoms with E-state index in [2.05, 4.69) is 0 Å². The number of β-amino-alcohol motifs (C(OH)–C–C–N with tert-alkyl or cyclic N) is 1. The third kappa shape index (κ3) is 3.65. The molecule has 2 aliphatic rings. The molecule has 1 atom stereocenters. The summed E-state index contributed by atoms with van der Waals surface area (Å²) in [7, 11) is 0. The Morgan fingerprint density at radius 1 is 1.30 bits per heavy atom. The van der Waals surface area contributed by atoms with Gasteiger partial charge < -0.3 is 9.84 Å². The van der Waals surface area contributed by atoms with Crippen LogP contribution in [0.5, 0.6) is 0 Å². The Kier molecular flexibility index (Phi) is 5.14. The Hall–Kier alpha value is -1.24. The van der Waals surface area contributed by atoms with Crippen molar-refractivity contribution < 1.29 is 19.4 Å². The van der Waals surface area contributed by atoms with E-state index >= 15 is 0 Å². The molecule has 3 rings (SSSR count). The molecule has 126 valence electrons. The standard InChI is InChI=1S/C17H23NO4S/c19-13(11-22-12-14-5-4-8-23-14)10-18-15(20)9-17(16(18)21)6-2-1-3-7-17/h4-5,8,13,19H,1-3,6-7,9-12H2/t13-/m0/s1. The van der Waals surface area contributed by atoms with Gasteiger partial charge in [0.1, 0.15) is 0 Å². The summed E-state index contributed by atoms with van der Waals surface area (Å²) < 4.78 is 5.47. The van der Waals surface area contributed by atoms with Gasteiger partial charge >= 0.3 is 0 Å². The van der Waals surface area contributed by atoms with Crippen LogP contribution in [0, 0.1) is 5.41 Å². The molecular formula is C17H23NO4S. The number of aliphatic hydroxyl groups is 1. The Bertz CT molecular complexity index is 551. The Morgan fingerprint density at radius 3 is 2.78 bits per heavy atom. The van der Waals surface area contributed by atoms with E-state index in [0.29, 0.717) is 13.0 Å². The minimum absolute atomic E-state index is 0.0455. The van der Waals surface area contributed by atoms with Gasteiger partial charge in [0.05, 0.1) is 31.3 Å².